The summed E-state index contributed by atoms with van der Waals surface area (Å²) in [4.78, 5) is 2.68. The second-order valence-corrected chi connectivity index (χ2v) is 22.3. The molecule has 4 bridgehead atoms. The van der Waals surface area contributed by atoms with Crippen LogP contribution in [0.2, 0.25) is 0 Å². The first-order chi connectivity index (χ1) is 27.2. The minimum atomic E-state index is 0.111. The summed E-state index contributed by atoms with van der Waals surface area (Å²) in [6.07, 6.45) is 11.9. The highest BCUT2D eigenvalue weighted by Gasteiger charge is 2.62. The maximum atomic E-state index is 2.68. The first-order valence-electron chi connectivity index (χ1n) is 22.6. The first-order valence-corrected chi connectivity index (χ1v) is 22.6. The molecule has 5 aromatic rings. The molecule has 4 fully saturated rings. The molecule has 4 saturated carbocycles. The summed E-state index contributed by atoms with van der Waals surface area (Å²) in [5.41, 5.74) is 19.6. The van der Waals surface area contributed by atoms with Crippen LogP contribution in [0.4, 0.5) is 17.1 Å². The average Bonchev–Trinajstić information content (AvgIpc) is 3.48. The van der Waals surface area contributed by atoms with Crippen molar-refractivity contribution in [3.05, 3.63) is 137 Å². The summed E-state index contributed by atoms with van der Waals surface area (Å²) in [6, 6.07) is 41.5. The van der Waals surface area contributed by atoms with Crippen LogP contribution in [0.15, 0.2) is 103 Å². The second-order valence-electron chi connectivity index (χ2n) is 22.3. The fourth-order valence-corrected chi connectivity index (χ4v) is 14.2. The average molecular weight is 750 g/mol. The zero-order valence-corrected chi connectivity index (χ0v) is 35.9. The molecule has 0 radical (unpaired) electrons. The number of benzene rings is 5. The molecule has 0 unspecified atom stereocenters. The van der Waals surface area contributed by atoms with Crippen molar-refractivity contribution in [3.8, 4) is 22.3 Å². The third-order valence-corrected chi connectivity index (χ3v) is 17.2. The largest absolute Gasteiger partial charge is 0.310 e. The Morgan fingerprint density at radius 3 is 1.44 bits per heavy atom. The Morgan fingerprint density at radius 2 is 0.895 bits per heavy atom. The summed E-state index contributed by atoms with van der Waals surface area (Å²) in [6.45, 7) is 19.7. The Bertz CT molecular complexity index is 2330. The molecule has 0 heterocycles. The van der Waals surface area contributed by atoms with E-state index in [0.29, 0.717) is 0 Å². The van der Waals surface area contributed by atoms with Crippen LogP contribution in [0.5, 0.6) is 0 Å². The fraction of sp³-hybridized carbons (Fsp3) is 0.464. The fourth-order valence-electron chi connectivity index (χ4n) is 14.2. The van der Waals surface area contributed by atoms with Crippen molar-refractivity contribution in [2.75, 3.05) is 4.90 Å². The summed E-state index contributed by atoms with van der Waals surface area (Å²) in [5, 5.41) is 0. The van der Waals surface area contributed by atoms with Crippen LogP contribution in [-0.4, -0.2) is 0 Å². The molecule has 1 spiro atoms. The Labute approximate surface area is 343 Å². The van der Waals surface area contributed by atoms with E-state index in [0.717, 1.165) is 23.7 Å². The predicted molar refractivity (Wildman–Crippen MR) is 240 cm³/mol. The molecule has 5 aromatic carbocycles. The van der Waals surface area contributed by atoms with E-state index in [1.54, 1.807) is 11.1 Å². The third-order valence-electron chi connectivity index (χ3n) is 17.2. The van der Waals surface area contributed by atoms with Gasteiger partial charge in [-0.05, 0) is 184 Å². The molecule has 0 aromatic heterocycles. The zero-order chi connectivity index (χ0) is 39.3. The van der Waals surface area contributed by atoms with E-state index in [1.807, 2.05) is 0 Å². The molecule has 0 amide bonds. The molecule has 1 heteroatoms. The number of nitrogens with zero attached hydrogens (tertiary/aromatic N) is 1. The normalized spacial score (nSPS) is 28.7. The van der Waals surface area contributed by atoms with E-state index in [2.05, 4.69) is 163 Å². The Balaban J connectivity index is 1.22. The number of rotatable bonds is 4. The Hall–Kier alpha value is -4.10. The molecular weight excluding hydrogens is 687 g/mol. The van der Waals surface area contributed by atoms with Crippen LogP contribution in [0.25, 0.3) is 22.3 Å². The van der Waals surface area contributed by atoms with Crippen molar-refractivity contribution in [1.82, 2.24) is 0 Å². The second kappa shape index (κ2) is 12.0. The monoisotopic (exact) mass is 749 g/mol. The molecule has 0 saturated heterocycles. The molecule has 0 aliphatic heterocycles. The Kier molecular flexibility index (Phi) is 7.58. The van der Waals surface area contributed by atoms with Crippen LogP contribution in [0.1, 0.15) is 147 Å². The molecule has 7 aliphatic carbocycles. The van der Waals surface area contributed by atoms with Gasteiger partial charge < -0.3 is 4.90 Å². The minimum Gasteiger partial charge on any atom is -0.310 e. The minimum absolute atomic E-state index is 0.111. The summed E-state index contributed by atoms with van der Waals surface area (Å²) >= 11 is 0. The van der Waals surface area contributed by atoms with Crippen molar-refractivity contribution < 1.29 is 0 Å². The van der Waals surface area contributed by atoms with E-state index >= 15 is 0 Å². The van der Waals surface area contributed by atoms with Gasteiger partial charge in [-0.3, -0.25) is 0 Å². The van der Waals surface area contributed by atoms with Crippen molar-refractivity contribution in [2.45, 2.75) is 140 Å². The highest BCUT2D eigenvalue weighted by Crippen LogP contribution is 2.71. The molecule has 0 N–H and O–H groups in total. The van der Waals surface area contributed by atoms with Crippen LogP contribution >= 0.6 is 0 Å². The lowest BCUT2D eigenvalue weighted by Crippen LogP contribution is -2.55. The van der Waals surface area contributed by atoms with Gasteiger partial charge in [-0.2, -0.15) is 0 Å². The van der Waals surface area contributed by atoms with Gasteiger partial charge in [0.15, 0.2) is 0 Å². The maximum Gasteiger partial charge on any atom is 0.0546 e. The smallest absolute Gasteiger partial charge is 0.0546 e. The first kappa shape index (κ1) is 36.0. The van der Waals surface area contributed by atoms with Crippen LogP contribution < -0.4 is 4.90 Å². The number of hydrogen-bond donors (Lipinski definition) is 0. The van der Waals surface area contributed by atoms with Crippen LogP contribution in [0.3, 0.4) is 0 Å². The molecule has 0 atom stereocenters. The van der Waals surface area contributed by atoms with E-state index in [9.17, 15) is 0 Å². The Morgan fingerprint density at radius 1 is 0.421 bits per heavy atom. The van der Waals surface area contributed by atoms with E-state index in [1.165, 1.54) is 119 Å². The molecule has 12 rings (SSSR count). The number of fused-ring (bicyclic) bond motifs is 5. The van der Waals surface area contributed by atoms with Gasteiger partial charge in [0.2, 0.25) is 0 Å². The van der Waals surface area contributed by atoms with E-state index in [4.69, 9.17) is 0 Å². The van der Waals surface area contributed by atoms with E-state index in [-0.39, 0.29) is 27.1 Å². The van der Waals surface area contributed by atoms with Gasteiger partial charge >= 0.3 is 0 Å². The lowest BCUT2D eigenvalue weighted by molar-refractivity contribution is -0.0399. The molecule has 57 heavy (non-hydrogen) atoms. The van der Waals surface area contributed by atoms with Gasteiger partial charge in [0.25, 0.3) is 0 Å². The molecular formula is C56H63N. The van der Waals surface area contributed by atoms with Gasteiger partial charge in [0.05, 0.1) is 5.69 Å². The molecule has 7 aliphatic rings. The quantitative estimate of drug-likeness (QED) is 0.177. The van der Waals surface area contributed by atoms with Crippen LogP contribution in [-0.2, 0) is 27.1 Å². The van der Waals surface area contributed by atoms with Crippen molar-refractivity contribution in [1.29, 1.82) is 0 Å². The summed E-state index contributed by atoms with van der Waals surface area (Å²) in [5.74, 6) is 3.32. The standard InChI is InChI=1S/C56H63N/c1-52(2)24-26-54(5,6)47-33-40(18-20-44(47)52)57(41-19-21-45-48(34-41)55(7,8)27-25-53(45,3)4)49-23-22-46-51(50(49)37-14-10-9-11-15-37)42-16-12-13-17-43(42)56(46)38-29-35-28-36(31-38)32-39(56)30-35/h9-23,33-36,38-39H,24-32H2,1-8H3. The highest BCUT2D eigenvalue weighted by atomic mass is 15.1. The van der Waals surface area contributed by atoms with Gasteiger partial charge in [-0.25, -0.2) is 0 Å². The lowest BCUT2D eigenvalue weighted by Gasteiger charge is -2.61. The zero-order valence-electron chi connectivity index (χ0n) is 35.9. The topological polar surface area (TPSA) is 3.24 Å². The van der Waals surface area contributed by atoms with Crippen molar-refractivity contribution >= 4 is 17.1 Å². The molecule has 1 nitrogen and oxygen atoms in total. The van der Waals surface area contributed by atoms with Gasteiger partial charge in [0, 0.05) is 22.4 Å². The predicted octanol–water partition coefficient (Wildman–Crippen LogP) is 15.2. The summed E-state index contributed by atoms with van der Waals surface area (Å²) in [7, 11) is 0. The van der Waals surface area contributed by atoms with E-state index < -0.39 is 0 Å². The van der Waals surface area contributed by atoms with Gasteiger partial charge in [0.1, 0.15) is 0 Å². The number of hydrogen-bond acceptors (Lipinski definition) is 1. The SMILES string of the molecule is CC1(C)CCC(C)(C)c2cc(N(c3ccc4c(c3)C(C)(C)CCC4(C)C)c3ccc4c(c3-c3ccccc3)-c3ccccc3C43C4CC5CC(C4)CC3C5)ccc21. The maximum absolute atomic E-state index is 2.68. The third kappa shape index (κ3) is 5.05. The number of anilines is 3. The van der Waals surface area contributed by atoms with Crippen LogP contribution in [0, 0.1) is 23.7 Å². The van der Waals surface area contributed by atoms with Gasteiger partial charge in [-0.15, -0.1) is 0 Å². The highest BCUT2D eigenvalue weighted by molar-refractivity contribution is 6.01. The molecule has 292 valence electrons. The van der Waals surface area contributed by atoms with Gasteiger partial charge in [-0.1, -0.05) is 128 Å². The summed E-state index contributed by atoms with van der Waals surface area (Å²) < 4.78 is 0. The van der Waals surface area contributed by atoms with Crippen molar-refractivity contribution in [2.24, 2.45) is 23.7 Å². The lowest BCUT2D eigenvalue weighted by atomic mass is 9.43. The van der Waals surface area contributed by atoms with Crippen molar-refractivity contribution in [3.63, 3.8) is 0 Å².